The Kier molecular flexibility index (Phi) is 4.23. The summed E-state index contributed by atoms with van der Waals surface area (Å²) in [5.41, 5.74) is 3.48. The molecule has 2 aromatic rings. The Morgan fingerprint density at radius 3 is 2.25 bits per heavy atom. The van der Waals surface area contributed by atoms with E-state index in [1.165, 1.54) is 5.56 Å². The molecule has 0 saturated heterocycles. The van der Waals surface area contributed by atoms with E-state index in [2.05, 4.69) is 65.2 Å². The van der Waals surface area contributed by atoms with Gasteiger partial charge in [-0.25, -0.2) is 9.97 Å². The first-order valence-electron chi connectivity index (χ1n) is 6.94. The van der Waals surface area contributed by atoms with Crippen LogP contribution < -0.4 is 10.2 Å². The molecule has 0 aliphatic rings. The molecule has 0 aliphatic heterocycles. The van der Waals surface area contributed by atoms with Crippen LogP contribution in [0, 0.1) is 20.8 Å². The van der Waals surface area contributed by atoms with Crippen molar-refractivity contribution in [3.05, 3.63) is 41.2 Å². The number of hydrogen-bond donors (Lipinski definition) is 1. The molecule has 0 bridgehead atoms. The maximum absolute atomic E-state index is 4.63. The van der Waals surface area contributed by atoms with Crippen molar-refractivity contribution in [3.63, 3.8) is 0 Å². The van der Waals surface area contributed by atoms with E-state index in [4.69, 9.17) is 0 Å². The smallest absolute Gasteiger partial charge is 0.141 e. The maximum atomic E-state index is 4.63. The van der Waals surface area contributed by atoms with E-state index < -0.39 is 0 Å². The number of hydrogen-bond acceptors (Lipinski definition) is 4. The van der Waals surface area contributed by atoms with Gasteiger partial charge in [-0.2, -0.15) is 0 Å². The lowest BCUT2D eigenvalue weighted by Crippen LogP contribution is -2.20. The summed E-state index contributed by atoms with van der Waals surface area (Å²) < 4.78 is 0. The van der Waals surface area contributed by atoms with Crippen molar-refractivity contribution in [2.45, 2.75) is 27.7 Å². The summed E-state index contributed by atoms with van der Waals surface area (Å²) in [7, 11) is 1.89. The average molecular weight is 270 g/mol. The third-order valence-electron chi connectivity index (χ3n) is 3.39. The van der Waals surface area contributed by atoms with Gasteiger partial charge in [0.05, 0.1) is 0 Å². The van der Waals surface area contributed by atoms with Gasteiger partial charge in [0.1, 0.15) is 17.5 Å². The molecule has 2 rings (SSSR count). The Labute approximate surface area is 120 Å². The quantitative estimate of drug-likeness (QED) is 0.921. The molecule has 0 aliphatic carbocycles. The van der Waals surface area contributed by atoms with E-state index in [0.717, 1.165) is 35.3 Å². The molecule has 106 valence electrons. The van der Waals surface area contributed by atoms with Gasteiger partial charge in [0.15, 0.2) is 0 Å². The molecule has 0 spiro atoms. The number of nitrogens with one attached hydrogen (secondary N) is 1. The molecular formula is C16H22N4. The van der Waals surface area contributed by atoms with Gasteiger partial charge in [-0.15, -0.1) is 0 Å². The lowest BCUT2D eigenvalue weighted by Gasteiger charge is -2.25. The molecule has 1 heterocycles. The predicted octanol–water partition coefficient (Wildman–Crippen LogP) is 3.60. The van der Waals surface area contributed by atoms with Gasteiger partial charge in [0, 0.05) is 24.8 Å². The van der Waals surface area contributed by atoms with Gasteiger partial charge in [-0.3, -0.25) is 0 Å². The van der Waals surface area contributed by atoms with Crippen LogP contribution in [0.4, 0.5) is 17.3 Å². The molecule has 4 nitrogen and oxygen atoms in total. The van der Waals surface area contributed by atoms with Crippen LogP contribution in [0.5, 0.6) is 0 Å². The van der Waals surface area contributed by atoms with E-state index in [9.17, 15) is 0 Å². The first kappa shape index (κ1) is 14.3. The fraction of sp³-hybridized carbons (Fsp3) is 0.375. The van der Waals surface area contributed by atoms with Gasteiger partial charge in [0.25, 0.3) is 0 Å². The Balaban J connectivity index is 2.51. The molecule has 0 radical (unpaired) electrons. The van der Waals surface area contributed by atoms with Gasteiger partial charge >= 0.3 is 0 Å². The highest BCUT2D eigenvalue weighted by Gasteiger charge is 2.15. The second kappa shape index (κ2) is 5.90. The molecule has 1 aromatic heterocycles. The number of benzene rings is 1. The normalized spacial score (nSPS) is 10.4. The lowest BCUT2D eigenvalue weighted by molar-refractivity contribution is 0.937. The molecule has 0 fully saturated rings. The maximum Gasteiger partial charge on any atom is 0.141 e. The minimum absolute atomic E-state index is 0.778. The van der Waals surface area contributed by atoms with Crippen LogP contribution in [0.1, 0.15) is 23.9 Å². The fourth-order valence-electron chi connectivity index (χ4n) is 2.30. The van der Waals surface area contributed by atoms with Crippen molar-refractivity contribution in [3.8, 4) is 0 Å². The van der Waals surface area contributed by atoms with Crippen molar-refractivity contribution >= 4 is 17.3 Å². The molecular weight excluding hydrogens is 248 g/mol. The molecule has 0 unspecified atom stereocenters. The fourth-order valence-corrected chi connectivity index (χ4v) is 2.30. The monoisotopic (exact) mass is 270 g/mol. The Morgan fingerprint density at radius 1 is 1.05 bits per heavy atom. The Morgan fingerprint density at radius 2 is 1.70 bits per heavy atom. The third kappa shape index (κ3) is 2.74. The van der Waals surface area contributed by atoms with Crippen LogP contribution in [0.2, 0.25) is 0 Å². The second-order valence-electron chi connectivity index (χ2n) is 4.90. The zero-order chi connectivity index (χ0) is 14.7. The van der Waals surface area contributed by atoms with Crippen LogP contribution in [0.15, 0.2) is 24.3 Å². The minimum atomic E-state index is 0.778. The summed E-state index contributed by atoms with van der Waals surface area (Å²) in [6.45, 7) is 9.07. The molecule has 1 aromatic carbocycles. The predicted molar refractivity (Wildman–Crippen MR) is 84.9 cm³/mol. The van der Waals surface area contributed by atoms with Crippen LogP contribution in [-0.2, 0) is 0 Å². The molecule has 0 saturated carbocycles. The van der Waals surface area contributed by atoms with E-state index in [1.807, 2.05) is 14.0 Å². The van der Waals surface area contributed by atoms with Crippen LogP contribution in [0.3, 0.4) is 0 Å². The van der Waals surface area contributed by atoms with Crippen LogP contribution >= 0.6 is 0 Å². The second-order valence-corrected chi connectivity index (χ2v) is 4.90. The van der Waals surface area contributed by atoms with Gasteiger partial charge in [0.2, 0.25) is 0 Å². The summed E-state index contributed by atoms with van der Waals surface area (Å²) >= 11 is 0. The largest absolute Gasteiger partial charge is 0.373 e. The molecule has 20 heavy (non-hydrogen) atoms. The van der Waals surface area contributed by atoms with E-state index in [0.29, 0.717) is 0 Å². The number of anilines is 3. The van der Waals surface area contributed by atoms with E-state index in [-0.39, 0.29) is 0 Å². The minimum Gasteiger partial charge on any atom is -0.373 e. The summed E-state index contributed by atoms with van der Waals surface area (Å²) in [4.78, 5) is 11.3. The Hall–Kier alpha value is -2.10. The van der Waals surface area contributed by atoms with Crippen molar-refractivity contribution < 1.29 is 0 Å². The Bertz CT molecular complexity index is 590. The zero-order valence-corrected chi connectivity index (χ0v) is 12.9. The summed E-state index contributed by atoms with van der Waals surface area (Å²) in [5.74, 6) is 2.63. The molecule has 0 amide bonds. The topological polar surface area (TPSA) is 41.1 Å². The van der Waals surface area contributed by atoms with Gasteiger partial charge in [-0.05, 0) is 39.8 Å². The van der Waals surface area contributed by atoms with Gasteiger partial charge in [-0.1, -0.05) is 17.7 Å². The van der Waals surface area contributed by atoms with Crippen molar-refractivity contribution in [2.75, 3.05) is 23.8 Å². The van der Waals surface area contributed by atoms with Crippen molar-refractivity contribution in [1.82, 2.24) is 9.97 Å². The SMILES string of the molecule is CCN(c1ccc(C)cc1)c1nc(C)nc(NC)c1C. The van der Waals surface area contributed by atoms with Gasteiger partial charge < -0.3 is 10.2 Å². The standard InChI is InChI=1S/C16H22N4/c1-6-20(14-9-7-11(2)8-10-14)16-12(3)15(17-5)18-13(4)19-16/h7-10H,6H2,1-5H3,(H,17,18,19). The zero-order valence-electron chi connectivity index (χ0n) is 12.9. The van der Waals surface area contributed by atoms with E-state index in [1.54, 1.807) is 0 Å². The third-order valence-corrected chi connectivity index (χ3v) is 3.39. The summed E-state index contributed by atoms with van der Waals surface area (Å²) in [6, 6.07) is 8.52. The van der Waals surface area contributed by atoms with Crippen LogP contribution in [-0.4, -0.2) is 23.6 Å². The number of nitrogens with zero attached hydrogens (tertiary/aromatic N) is 3. The number of aryl methyl sites for hydroxylation is 2. The van der Waals surface area contributed by atoms with E-state index >= 15 is 0 Å². The highest BCUT2D eigenvalue weighted by Crippen LogP contribution is 2.29. The van der Waals surface area contributed by atoms with Crippen LogP contribution in [0.25, 0.3) is 0 Å². The summed E-state index contributed by atoms with van der Waals surface area (Å²) in [5, 5.41) is 3.14. The number of aromatic nitrogens is 2. The molecule has 1 N–H and O–H groups in total. The number of rotatable bonds is 4. The highest BCUT2D eigenvalue weighted by molar-refractivity contribution is 5.67. The first-order valence-corrected chi connectivity index (χ1v) is 6.94. The van der Waals surface area contributed by atoms with Crippen molar-refractivity contribution in [2.24, 2.45) is 0 Å². The lowest BCUT2D eigenvalue weighted by atomic mass is 10.2. The summed E-state index contributed by atoms with van der Waals surface area (Å²) in [6.07, 6.45) is 0. The molecule has 4 heteroatoms. The first-order chi connectivity index (χ1) is 9.56. The van der Waals surface area contributed by atoms with Crippen molar-refractivity contribution in [1.29, 1.82) is 0 Å². The highest BCUT2D eigenvalue weighted by atomic mass is 15.2. The average Bonchev–Trinajstić information content (AvgIpc) is 2.45. The molecule has 0 atom stereocenters.